The quantitative estimate of drug-likeness (QED) is 0.772. The van der Waals surface area contributed by atoms with Gasteiger partial charge in [0.1, 0.15) is 5.82 Å². The molecule has 1 unspecified atom stereocenters. The van der Waals surface area contributed by atoms with Crippen molar-refractivity contribution >= 4 is 16.9 Å². The summed E-state index contributed by atoms with van der Waals surface area (Å²) in [6.45, 7) is 8.38. The summed E-state index contributed by atoms with van der Waals surface area (Å²) in [6, 6.07) is 16.6. The van der Waals surface area contributed by atoms with E-state index in [2.05, 4.69) is 39.7 Å². The Morgan fingerprint density at radius 1 is 1.15 bits per heavy atom. The zero-order valence-corrected chi connectivity index (χ0v) is 16.1. The Hall–Kier alpha value is -2.66. The fourth-order valence-electron chi connectivity index (χ4n) is 3.88. The monoisotopic (exact) mass is 362 g/mol. The summed E-state index contributed by atoms with van der Waals surface area (Å²) in [6.07, 6.45) is 1.02. The first kappa shape index (κ1) is 17.7. The number of nitrogens with zero attached hydrogens (tertiary/aromatic N) is 3. The number of hydrogen-bond acceptors (Lipinski definition) is 3. The Bertz CT molecular complexity index is 958. The highest BCUT2D eigenvalue weighted by molar-refractivity contribution is 5.94. The number of aryl methyl sites for hydroxylation is 1. The van der Waals surface area contributed by atoms with Crippen LogP contribution in [0.4, 0.5) is 0 Å². The topological polar surface area (TPSA) is 50.2 Å². The van der Waals surface area contributed by atoms with Crippen molar-refractivity contribution in [3.05, 3.63) is 59.9 Å². The first-order valence-electron chi connectivity index (χ1n) is 9.62. The van der Waals surface area contributed by atoms with E-state index < -0.39 is 0 Å². The van der Waals surface area contributed by atoms with E-state index in [1.807, 2.05) is 49.4 Å². The summed E-state index contributed by atoms with van der Waals surface area (Å²) in [5.74, 6) is 0.942. The maximum absolute atomic E-state index is 12.6. The van der Waals surface area contributed by atoms with Gasteiger partial charge in [0.2, 0.25) is 0 Å². The third-order valence-corrected chi connectivity index (χ3v) is 5.40. The predicted octanol–water partition coefficient (Wildman–Crippen LogP) is 3.55. The van der Waals surface area contributed by atoms with Gasteiger partial charge in [-0.2, -0.15) is 0 Å². The molecular weight excluding hydrogens is 336 g/mol. The van der Waals surface area contributed by atoms with Gasteiger partial charge in [0.15, 0.2) is 0 Å². The number of nitrogens with one attached hydrogen (secondary N) is 1. The van der Waals surface area contributed by atoms with Crippen LogP contribution in [0.3, 0.4) is 0 Å². The molecule has 0 bridgehead atoms. The number of carbonyl (C=O) groups excluding carboxylic acids is 1. The smallest absolute Gasteiger partial charge is 0.251 e. The molecule has 1 amide bonds. The average molecular weight is 362 g/mol. The highest BCUT2D eigenvalue weighted by Gasteiger charge is 2.25. The maximum atomic E-state index is 12.6. The van der Waals surface area contributed by atoms with Gasteiger partial charge in [-0.3, -0.25) is 14.3 Å². The first-order chi connectivity index (χ1) is 13.0. The third kappa shape index (κ3) is 3.47. The number of amides is 1. The van der Waals surface area contributed by atoms with Crippen molar-refractivity contribution in [1.29, 1.82) is 0 Å². The molecule has 2 aromatic carbocycles. The predicted molar refractivity (Wildman–Crippen MR) is 108 cm³/mol. The summed E-state index contributed by atoms with van der Waals surface area (Å²) in [5.41, 5.74) is 3.77. The fourth-order valence-corrected chi connectivity index (χ4v) is 3.88. The molecule has 1 saturated heterocycles. The summed E-state index contributed by atoms with van der Waals surface area (Å²) >= 11 is 0. The number of benzene rings is 2. The summed E-state index contributed by atoms with van der Waals surface area (Å²) in [5, 5.41) is 3.18. The van der Waals surface area contributed by atoms with E-state index in [-0.39, 0.29) is 11.9 Å². The molecule has 0 saturated carbocycles. The molecule has 2 heterocycles. The second-order valence-electron chi connectivity index (χ2n) is 7.58. The molecule has 1 aliphatic rings. The molecule has 3 aromatic rings. The van der Waals surface area contributed by atoms with E-state index in [1.165, 1.54) is 0 Å². The van der Waals surface area contributed by atoms with Crippen molar-refractivity contribution in [2.45, 2.75) is 39.3 Å². The van der Waals surface area contributed by atoms with Crippen LogP contribution in [0.1, 0.15) is 36.5 Å². The summed E-state index contributed by atoms with van der Waals surface area (Å²) in [7, 11) is 0. The molecule has 1 N–H and O–H groups in total. The van der Waals surface area contributed by atoms with E-state index in [1.54, 1.807) is 0 Å². The van der Waals surface area contributed by atoms with Gasteiger partial charge in [-0.15, -0.1) is 0 Å². The van der Waals surface area contributed by atoms with Crippen LogP contribution in [0.5, 0.6) is 0 Å². The number of imidazole rings is 1. The van der Waals surface area contributed by atoms with Crippen LogP contribution in [0, 0.1) is 6.92 Å². The van der Waals surface area contributed by atoms with Crippen LogP contribution < -0.4 is 5.32 Å². The lowest BCUT2D eigenvalue weighted by Gasteiger charge is -2.20. The van der Waals surface area contributed by atoms with Gasteiger partial charge in [0.25, 0.3) is 5.91 Å². The van der Waals surface area contributed by atoms with Gasteiger partial charge in [-0.05, 0) is 63.6 Å². The normalized spacial score (nSPS) is 17.7. The lowest BCUT2D eigenvalue weighted by Crippen LogP contribution is -2.38. The minimum atomic E-state index is 0.00404. The molecule has 140 valence electrons. The van der Waals surface area contributed by atoms with Gasteiger partial charge >= 0.3 is 0 Å². The third-order valence-electron chi connectivity index (χ3n) is 5.40. The minimum absolute atomic E-state index is 0.00404. The summed E-state index contributed by atoms with van der Waals surface area (Å²) in [4.78, 5) is 19.6. The van der Waals surface area contributed by atoms with Crippen LogP contribution in [0.15, 0.2) is 48.5 Å². The van der Waals surface area contributed by atoms with E-state index in [0.29, 0.717) is 11.6 Å². The Morgan fingerprint density at radius 2 is 1.89 bits per heavy atom. The number of rotatable bonds is 4. The number of carbonyl (C=O) groups is 1. The van der Waals surface area contributed by atoms with E-state index >= 15 is 0 Å². The van der Waals surface area contributed by atoms with E-state index in [4.69, 9.17) is 0 Å². The average Bonchev–Trinajstić information content (AvgIpc) is 3.25. The van der Waals surface area contributed by atoms with Crippen molar-refractivity contribution < 1.29 is 4.79 Å². The van der Waals surface area contributed by atoms with Crippen molar-refractivity contribution in [2.75, 3.05) is 13.1 Å². The van der Waals surface area contributed by atoms with E-state index in [0.717, 1.165) is 42.1 Å². The second-order valence-corrected chi connectivity index (χ2v) is 7.58. The Morgan fingerprint density at radius 3 is 2.59 bits per heavy atom. The van der Waals surface area contributed by atoms with Gasteiger partial charge in [0, 0.05) is 36.4 Å². The van der Waals surface area contributed by atoms with Gasteiger partial charge < -0.3 is 5.32 Å². The molecule has 5 nitrogen and oxygen atoms in total. The van der Waals surface area contributed by atoms with E-state index in [9.17, 15) is 4.79 Å². The highest BCUT2D eigenvalue weighted by atomic mass is 16.1. The number of hydrogen-bond donors (Lipinski definition) is 1. The Labute approximate surface area is 160 Å². The molecule has 0 radical (unpaired) electrons. The lowest BCUT2D eigenvalue weighted by molar-refractivity contribution is 0.0936. The number of para-hydroxylation sites is 2. The fraction of sp³-hybridized carbons (Fsp3) is 0.364. The number of likely N-dealkylation sites (tertiary alicyclic amines) is 1. The Kier molecular flexibility index (Phi) is 4.70. The molecule has 27 heavy (non-hydrogen) atoms. The van der Waals surface area contributed by atoms with Crippen molar-refractivity contribution in [3.8, 4) is 5.69 Å². The van der Waals surface area contributed by atoms with Gasteiger partial charge in [-0.25, -0.2) is 4.98 Å². The largest absolute Gasteiger partial charge is 0.348 e. The van der Waals surface area contributed by atoms with Gasteiger partial charge in [0.05, 0.1) is 11.0 Å². The lowest BCUT2D eigenvalue weighted by atomic mass is 10.1. The van der Waals surface area contributed by atoms with Crippen LogP contribution in [-0.4, -0.2) is 45.5 Å². The van der Waals surface area contributed by atoms with Crippen LogP contribution in [0.2, 0.25) is 0 Å². The molecule has 1 aliphatic heterocycles. The van der Waals surface area contributed by atoms with Crippen LogP contribution in [-0.2, 0) is 0 Å². The molecule has 1 aromatic heterocycles. The van der Waals surface area contributed by atoms with Crippen molar-refractivity contribution in [1.82, 2.24) is 19.8 Å². The number of fused-ring (bicyclic) bond motifs is 1. The highest BCUT2D eigenvalue weighted by Crippen LogP contribution is 2.21. The molecular formula is C22H26N4O. The Balaban J connectivity index is 1.50. The van der Waals surface area contributed by atoms with Crippen molar-refractivity contribution in [2.24, 2.45) is 0 Å². The maximum Gasteiger partial charge on any atom is 0.251 e. The molecule has 1 atom stereocenters. The first-order valence-corrected chi connectivity index (χ1v) is 9.62. The van der Waals surface area contributed by atoms with Crippen molar-refractivity contribution in [3.63, 3.8) is 0 Å². The minimum Gasteiger partial charge on any atom is -0.348 e. The molecule has 5 heteroatoms. The zero-order valence-electron chi connectivity index (χ0n) is 16.1. The van der Waals surface area contributed by atoms with Crippen LogP contribution >= 0.6 is 0 Å². The number of aromatic nitrogens is 2. The molecule has 0 spiro atoms. The zero-order chi connectivity index (χ0) is 19.0. The second kappa shape index (κ2) is 7.16. The SMILES string of the molecule is Cc1nc2ccccc2n1-c1ccc(C(=O)NC2CCN(C(C)C)C2)cc1. The van der Waals surface area contributed by atoms with Crippen LogP contribution in [0.25, 0.3) is 16.7 Å². The molecule has 0 aliphatic carbocycles. The molecule has 1 fully saturated rings. The summed E-state index contributed by atoms with van der Waals surface area (Å²) < 4.78 is 2.12. The molecule has 4 rings (SSSR count). The standard InChI is InChI=1S/C22H26N4O/c1-15(2)25-13-12-18(14-25)24-22(27)17-8-10-19(11-9-17)26-16(3)23-20-6-4-5-7-21(20)26/h4-11,15,18H,12-14H2,1-3H3,(H,24,27). The van der Waals surface area contributed by atoms with Gasteiger partial charge in [-0.1, -0.05) is 12.1 Å².